The van der Waals surface area contributed by atoms with Crippen molar-refractivity contribution in [3.63, 3.8) is 0 Å². The van der Waals surface area contributed by atoms with Crippen LogP contribution < -0.4 is 4.74 Å². The van der Waals surface area contributed by atoms with E-state index in [0.29, 0.717) is 12.7 Å². The van der Waals surface area contributed by atoms with Crippen LogP contribution in [0.25, 0.3) is 11.1 Å². The molecular weight excluding hydrogens is 344 g/mol. The summed E-state index contributed by atoms with van der Waals surface area (Å²) in [4.78, 5) is 0. The fourth-order valence-corrected chi connectivity index (χ4v) is 3.59. The highest BCUT2D eigenvalue weighted by Crippen LogP contribution is 2.35. The average Bonchev–Trinajstić information content (AvgIpc) is 3.47. The SMILES string of the molecule is CC/C(=C(/c1ccccc1)c1ccc(OCC2OC2C)cc1)c1ccccc1. The van der Waals surface area contributed by atoms with Crippen molar-refractivity contribution in [3.8, 4) is 5.75 Å². The van der Waals surface area contributed by atoms with E-state index in [4.69, 9.17) is 9.47 Å². The second kappa shape index (κ2) is 8.45. The first kappa shape index (κ1) is 18.5. The van der Waals surface area contributed by atoms with Crippen LogP contribution in [0.15, 0.2) is 84.9 Å². The zero-order valence-electron chi connectivity index (χ0n) is 16.5. The van der Waals surface area contributed by atoms with E-state index in [0.717, 1.165) is 12.2 Å². The Labute approximate surface area is 167 Å². The first-order chi connectivity index (χ1) is 13.8. The highest BCUT2D eigenvalue weighted by atomic mass is 16.6. The number of epoxide rings is 1. The van der Waals surface area contributed by atoms with Gasteiger partial charge >= 0.3 is 0 Å². The number of benzene rings is 3. The van der Waals surface area contributed by atoms with Gasteiger partial charge in [0, 0.05) is 0 Å². The number of hydrogen-bond acceptors (Lipinski definition) is 2. The van der Waals surface area contributed by atoms with E-state index in [1.165, 1.54) is 27.8 Å². The van der Waals surface area contributed by atoms with E-state index in [-0.39, 0.29) is 6.10 Å². The summed E-state index contributed by atoms with van der Waals surface area (Å²) in [6.07, 6.45) is 1.53. The summed E-state index contributed by atoms with van der Waals surface area (Å²) in [5.74, 6) is 0.886. The van der Waals surface area contributed by atoms with E-state index in [2.05, 4.69) is 98.8 Å². The minimum atomic E-state index is 0.240. The summed E-state index contributed by atoms with van der Waals surface area (Å²) in [5, 5.41) is 0. The summed E-state index contributed by atoms with van der Waals surface area (Å²) in [6, 6.07) is 29.7. The lowest BCUT2D eigenvalue weighted by Gasteiger charge is -2.16. The Morgan fingerprint density at radius 1 is 0.786 bits per heavy atom. The fraction of sp³-hybridized carbons (Fsp3) is 0.231. The molecule has 3 aromatic rings. The maximum Gasteiger partial charge on any atom is 0.119 e. The fourth-order valence-electron chi connectivity index (χ4n) is 3.59. The Morgan fingerprint density at radius 3 is 1.86 bits per heavy atom. The summed E-state index contributed by atoms with van der Waals surface area (Å²) in [7, 11) is 0. The predicted molar refractivity (Wildman–Crippen MR) is 115 cm³/mol. The molecule has 1 aliphatic heterocycles. The second-order valence-corrected chi connectivity index (χ2v) is 7.15. The van der Waals surface area contributed by atoms with Crippen molar-refractivity contribution in [2.45, 2.75) is 32.5 Å². The van der Waals surface area contributed by atoms with E-state index < -0.39 is 0 Å². The lowest BCUT2D eigenvalue weighted by molar-refractivity contribution is 0.261. The standard InChI is InChI=1S/C26H26O2/c1-3-24(20-10-6-4-7-11-20)26(21-12-8-5-9-13-21)22-14-16-23(17-15-22)27-18-25-19(2)28-25/h4-17,19,25H,3,18H2,1-2H3/b26-24+. The van der Waals surface area contributed by atoms with Crippen LogP contribution in [-0.4, -0.2) is 18.8 Å². The first-order valence-electron chi connectivity index (χ1n) is 9.99. The Kier molecular flexibility index (Phi) is 5.59. The topological polar surface area (TPSA) is 21.8 Å². The Bertz CT molecular complexity index is 927. The molecule has 0 aromatic heterocycles. The maximum absolute atomic E-state index is 5.87. The number of allylic oxidation sites excluding steroid dienone is 1. The lowest BCUT2D eigenvalue weighted by atomic mass is 9.88. The maximum atomic E-state index is 5.87. The molecule has 2 atom stereocenters. The number of ether oxygens (including phenoxy) is 2. The highest BCUT2D eigenvalue weighted by Gasteiger charge is 2.34. The predicted octanol–water partition coefficient (Wildman–Crippen LogP) is 6.22. The molecule has 0 spiro atoms. The van der Waals surface area contributed by atoms with E-state index in [1.54, 1.807) is 0 Å². The smallest absolute Gasteiger partial charge is 0.119 e. The molecule has 0 aliphatic carbocycles. The monoisotopic (exact) mass is 370 g/mol. The van der Waals surface area contributed by atoms with Crippen LogP contribution in [0.5, 0.6) is 5.75 Å². The summed E-state index contributed by atoms with van der Waals surface area (Å²) in [5.41, 5.74) is 6.33. The van der Waals surface area contributed by atoms with Crippen molar-refractivity contribution in [2.24, 2.45) is 0 Å². The highest BCUT2D eigenvalue weighted by molar-refractivity contribution is 5.98. The molecular formula is C26H26O2. The molecule has 1 aliphatic rings. The second-order valence-electron chi connectivity index (χ2n) is 7.15. The summed E-state index contributed by atoms with van der Waals surface area (Å²) >= 11 is 0. The van der Waals surface area contributed by atoms with Gasteiger partial charge in [-0.05, 0) is 53.3 Å². The van der Waals surface area contributed by atoms with Crippen LogP contribution in [0.2, 0.25) is 0 Å². The number of hydrogen-bond donors (Lipinski definition) is 0. The molecule has 0 amide bonds. The van der Waals surface area contributed by atoms with Gasteiger partial charge < -0.3 is 9.47 Å². The van der Waals surface area contributed by atoms with E-state index >= 15 is 0 Å². The molecule has 142 valence electrons. The normalized spacial score (nSPS) is 19.1. The first-order valence-corrected chi connectivity index (χ1v) is 9.99. The van der Waals surface area contributed by atoms with Gasteiger partial charge in [0.15, 0.2) is 0 Å². The van der Waals surface area contributed by atoms with E-state index in [9.17, 15) is 0 Å². The van der Waals surface area contributed by atoms with Crippen molar-refractivity contribution in [1.29, 1.82) is 0 Å². The molecule has 2 heteroatoms. The molecule has 1 heterocycles. The van der Waals surface area contributed by atoms with Crippen LogP contribution in [0.3, 0.4) is 0 Å². The summed E-state index contributed by atoms with van der Waals surface area (Å²) in [6.45, 7) is 4.91. The van der Waals surface area contributed by atoms with Gasteiger partial charge in [-0.25, -0.2) is 0 Å². The largest absolute Gasteiger partial charge is 0.491 e. The Morgan fingerprint density at radius 2 is 1.32 bits per heavy atom. The van der Waals surface area contributed by atoms with Crippen molar-refractivity contribution in [3.05, 3.63) is 102 Å². The third kappa shape index (κ3) is 4.18. The molecule has 28 heavy (non-hydrogen) atoms. The molecule has 4 rings (SSSR count). The van der Waals surface area contributed by atoms with Crippen LogP contribution >= 0.6 is 0 Å². The number of rotatable bonds is 7. The van der Waals surface area contributed by atoms with E-state index in [1.807, 2.05) is 0 Å². The Hall–Kier alpha value is -2.84. The van der Waals surface area contributed by atoms with Gasteiger partial charge in [0.25, 0.3) is 0 Å². The van der Waals surface area contributed by atoms with Gasteiger partial charge in [-0.3, -0.25) is 0 Å². The molecule has 0 bridgehead atoms. The summed E-state index contributed by atoms with van der Waals surface area (Å²) < 4.78 is 11.3. The van der Waals surface area contributed by atoms with Crippen molar-refractivity contribution in [2.75, 3.05) is 6.61 Å². The molecule has 2 nitrogen and oxygen atoms in total. The molecule has 0 saturated carbocycles. The molecule has 0 radical (unpaired) electrons. The van der Waals surface area contributed by atoms with Crippen LogP contribution in [0.1, 0.15) is 37.0 Å². The van der Waals surface area contributed by atoms with Crippen LogP contribution in [0.4, 0.5) is 0 Å². The van der Waals surface area contributed by atoms with Crippen LogP contribution in [-0.2, 0) is 4.74 Å². The van der Waals surface area contributed by atoms with Crippen molar-refractivity contribution in [1.82, 2.24) is 0 Å². The quantitative estimate of drug-likeness (QED) is 0.364. The molecule has 1 fully saturated rings. The zero-order valence-corrected chi connectivity index (χ0v) is 16.5. The van der Waals surface area contributed by atoms with Gasteiger partial charge in [-0.15, -0.1) is 0 Å². The van der Waals surface area contributed by atoms with Crippen molar-refractivity contribution < 1.29 is 9.47 Å². The van der Waals surface area contributed by atoms with Gasteiger partial charge in [-0.1, -0.05) is 79.7 Å². The Balaban J connectivity index is 1.70. The molecule has 0 N–H and O–H groups in total. The van der Waals surface area contributed by atoms with Gasteiger partial charge in [0.1, 0.15) is 18.5 Å². The van der Waals surface area contributed by atoms with Gasteiger partial charge in [0.05, 0.1) is 6.10 Å². The lowest BCUT2D eigenvalue weighted by Crippen LogP contribution is -2.06. The van der Waals surface area contributed by atoms with Crippen molar-refractivity contribution >= 4 is 11.1 Å². The average molecular weight is 370 g/mol. The molecule has 1 saturated heterocycles. The third-order valence-electron chi connectivity index (χ3n) is 5.23. The molecule has 2 unspecified atom stereocenters. The van der Waals surface area contributed by atoms with Gasteiger partial charge in [-0.2, -0.15) is 0 Å². The minimum Gasteiger partial charge on any atom is -0.491 e. The zero-order chi connectivity index (χ0) is 19.3. The van der Waals surface area contributed by atoms with Gasteiger partial charge in [0.2, 0.25) is 0 Å². The van der Waals surface area contributed by atoms with Crippen LogP contribution in [0, 0.1) is 0 Å². The third-order valence-corrected chi connectivity index (χ3v) is 5.23. The minimum absolute atomic E-state index is 0.240. The molecule has 3 aromatic carbocycles.